The summed E-state index contributed by atoms with van der Waals surface area (Å²) in [4.78, 5) is 15.6. The van der Waals surface area contributed by atoms with Crippen LogP contribution in [0.5, 0.6) is 0 Å². The van der Waals surface area contributed by atoms with Crippen molar-refractivity contribution in [2.75, 3.05) is 14.2 Å². The number of aromatic nitrogens is 1. The number of hydrogen-bond acceptors (Lipinski definition) is 4. The van der Waals surface area contributed by atoms with Crippen molar-refractivity contribution in [2.24, 2.45) is 5.73 Å². The quantitative estimate of drug-likeness (QED) is 0.738. The lowest BCUT2D eigenvalue weighted by molar-refractivity contribution is -0.227. The number of rotatable bonds is 4. The van der Waals surface area contributed by atoms with Gasteiger partial charge in [-0.25, -0.2) is 0 Å². The van der Waals surface area contributed by atoms with Crippen LogP contribution in [0.15, 0.2) is 24.3 Å². The Morgan fingerprint density at radius 3 is 2.79 bits per heavy atom. The van der Waals surface area contributed by atoms with Gasteiger partial charge in [-0.3, -0.25) is 4.79 Å². The van der Waals surface area contributed by atoms with Gasteiger partial charge in [-0.15, -0.1) is 0 Å². The summed E-state index contributed by atoms with van der Waals surface area (Å²) in [5.74, 6) is -0.830. The lowest BCUT2D eigenvalue weighted by atomic mass is 9.86. The van der Waals surface area contributed by atoms with Crippen molar-refractivity contribution < 1.29 is 14.3 Å². The van der Waals surface area contributed by atoms with Gasteiger partial charge in [0.15, 0.2) is 5.79 Å². The second-order valence-electron chi connectivity index (χ2n) is 6.22. The van der Waals surface area contributed by atoms with Crippen molar-refractivity contribution in [3.8, 4) is 0 Å². The van der Waals surface area contributed by atoms with Gasteiger partial charge in [0, 0.05) is 55.1 Å². The van der Waals surface area contributed by atoms with Gasteiger partial charge >= 0.3 is 0 Å². The number of methoxy groups -OCH3 is 2. The molecule has 0 radical (unpaired) electrons. The van der Waals surface area contributed by atoms with E-state index in [1.807, 2.05) is 12.1 Å². The number of aromatic amines is 1. The van der Waals surface area contributed by atoms with Gasteiger partial charge in [0.05, 0.1) is 0 Å². The summed E-state index contributed by atoms with van der Waals surface area (Å²) in [5.41, 5.74) is 7.59. The van der Waals surface area contributed by atoms with E-state index in [0.717, 1.165) is 10.9 Å². The fraction of sp³-hybridized carbons (Fsp3) is 0.471. The Labute approximate surface area is 145 Å². The minimum atomic E-state index is -0.654. The Balaban J connectivity index is 1.70. The molecule has 24 heavy (non-hydrogen) atoms. The topological polar surface area (TPSA) is 89.4 Å². The molecule has 1 heterocycles. The van der Waals surface area contributed by atoms with Gasteiger partial charge in [0.2, 0.25) is 0 Å². The Bertz CT molecular complexity index is 742. The average Bonchev–Trinajstić information content (AvgIpc) is 3.00. The molecule has 1 amide bonds. The van der Waals surface area contributed by atoms with Crippen LogP contribution in [0.25, 0.3) is 10.9 Å². The van der Waals surface area contributed by atoms with Crippen molar-refractivity contribution in [3.63, 3.8) is 0 Å². The molecule has 1 aliphatic rings. The Morgan fingerprint density at radius 2 is 2.12 bits per heavy atom. The number of fused-ring (bicyclic) bond motifs is 1. The van der Waals surface area contributed by atoms with Crippen molar-refractivity contribution >= 4 is 28.4 Å². The number of halogens is 1. The molecule has 7 heteroatoms. The fourth-order valence-corrected chi connectivity index (χ4v) is 3.48. The van der Waals surface area contributed by atoms with Crippen LogP contribution < -0.4 is 11.1 Å². The third-order valence-corrected chi connectivity index (χ3v) is 5.02. The van der Waals surface area contributed by atoms with Crippen molar-refractivity contribution in [3.05, 3.63) is 35.0 Å². The first-order chi connectivity index (χ1) is 11.5. The van der Waals surface area contributed by atoms with Crippen LogP contribution in [0.3, 0.4) is 0 Å². The summed E-state index contributed by atoms with van der Waals surface area (Å²) < 4.78 is 10.9. The van der Waals surface area contributed by atoms with Gasteiger partial charge < -0.3 is 25.5 Å². The largest absolute Gasteiger partial charge is 0.353 e. The van der Waals surface area contributed by atoms with E-state index < -0.39 is 5.79 Å². The number of benzene rings is 1. The molecular formula is C17H22ClN3O3. The van der Waals surface area contributed by atoms with Crippen LogP contribution >= 0.6 is 11.6 Å². The molecule has 4 N–H and O–H groups in total. The van der Waals surface area contributed by atoms with Gasteiger partial charge in [0.1, 0.15) is 5.69 Å². The number of carbonyl (C=O) groups is 1. The van der Waals surface area contributed by atoms with E-state index in [2.05, 4.69) is 10.3 Å². The molecule has 1 aliphatic carbocycles. The number of amides is 1. The standard InChI is InChI=1S/C17H22ClN3O3/c1-23-17(24-2)6-5-14(12(19)9-17)21-16(22)15-8-10-7-11(18)3-4-13(10)20-15/h3-4,7-8,12,14,20H,5-6,9,19H2,1-2H3,(H,21,22). The van der Waals surface area contributed by atoms with E-state index in [1.54, 1.807) is 26.4 Å². The molecule has 1 aromatic carbocycles. The highest BCUT2D eigenvalue weighted by atomic mass is 35.5. The van der Waals surface area contributed by atoms with E-state index in [0.29, 0.717) is 30.0 Å². The van der Waals surface area contributed by atoms with Gasteiger partial charge in [0.25, 0.3) is 5.91 Å². The van der Waals surface area contributed by atoms with Gasteiger partial charge in [-0.1, -0.05) is 11.6 Å². The molecule has 1 aromatic heterocycles. The number of carbonyl (C=O) groups excluding carboxylic acids is 1. The lowest BCUT2D eigenvalue weighted by Gasteiger charge is -2.41. The first kappa shape index (κ1) is 17.2. The summed E-state index contributed by atoms with van der Waals surface area (Å²) >= 11 is 5.98. The molecule has 0 spiro atoms. The molecule has 1 fully saturated rings. The van der Waals surface area contributed by atoms with Gasteiger partial charge in [-0.05, 0) is 30.7 Å². The second-order valence-corrected chi connectivity index (χ2v) is 6.66. The number of nitrogens with one attached hydrogen (secondary N) is 2. The smallest absolute Gasteiger partial charge is 0.268 e. The molecular weight excluding hydrogens is 330 g/mol. The normalized spacial score (nSPS) is 23.3. The predicted molar refractivity (Wildman–Crippen MR) is 93.1 cm³/mol. The van der Waals surface area contributed by atoms with Crippen LogP contribution in [0, 0.1) is 0 Å². The lowest BCUT2D eigenvalue weighted by Crippen LogP contribution is -2.56. The maximum absolute atomic E-state index is 12.5. The van der Waals surface area contributed by atoms with E-state index >= 15 is 0 Å². The first-order valence-electron chi connectivity index (χ1n) is 7.91. The third-order valence-electron chi connectivity index (χ3n) is 4.79. The Hall–Kier alpha value is -1.60. The zero-order valence-corrected chi connectivity index (χ0v) is 14.5. The number of hydrogen-bond donors (Lipinski definition) is 3. The number of H-pyrrole nitrogens is 1. The second kappa shape index (κ2) is 6.72. The van der Waals surface area contributed by atoms with Crippen LogP contribution in [0.4, 0.5) is 0 Å². The summed E-state index contributed by atoms with van der Waals surface area (Å²) in [6, 6.07) is 6.90. The molecule has 3 rings (SSSR count). The Kier molecular flexibility index (Phi) is 4.83. The molecule has 0 aliphatic heterocycles. The van der Waals surface area contributed by atoms with Crippen molar-refractivity contribution in [2.45, 2.75) is 37.1 Å². The molecule has 6 nitrogen and oxygen atoms in total. The van der Waals surface area contributed by atoms with E-state index in [9.17, 15) is 4.79 Å². The monoisotopic (exact) mass is 351 g/mol. The molecule has 1 saturated carbocycles. The van der Waals surface area contributed by atoms with E-state index in [1.165, 1.54) is 0 Å². The van der Waals surface area contributed by atoms with Crippen LogP contribution in [0.2, 0.25) is 5.02 Å². The summed E-state index contributed by atoms with van der Waals surface area (Å²) in [7, 11) is 3.23. The van der Waals surface area contributed by atoms with Crippen molar-refractivity contribution in [1.29, 1.82) is 0 Å². The van der Waals surface area contributed by atoms with Crippen LogP contribution in [-0.4, -0.2) is 43.0 Å². The molecule has 2 aromatic rings. The number of nitrogens with two attached hydrogens (primary N) is 1. The van der Waals surface area contributed by atoms with Crippen LogP contribution in [-0.2, 0) is 9.47 Å². The minimum Gasteiger partial charge on any atom is -0.353 e. The maximum Gasteiger partial charge on any atom is 0.268 e. The summed E-state index contributed by atoms with van der Waals surface area (Å²) in [6.45, 7) is 0. The summed E-state index contributed by atoms with van der Waals surface area (Å²) in [6.07, 6.45) is 1.91. The maximum atomic E-state index is 12.5. The molecule has 0 saturated heterocycles. The molecule has 130 valence electrons. The van der Waals surface area contributed by atoms with Gasteiger partial charge in [-0.2, -0.15) is 0 Å². The fourth-order valence-electron chi connectivity index (χ4n) is 3.30. The summed E-state index contributed by atoms with van der Waals surface area (Å²) in [5, 5.41) is 4.55. The molecule has 0 bridgehead atoms. The van der Waals surface area contributed by atoms with E-state index in [-0.39, 0.29) is 18.0 Å². The minimum absolute atomic E-state index is 0.120. The SMILES string of the molecule is COC1(OC)CCC(NC(=O)c2cc3cc(Cl)ccc3[nH]2)C(N)C1. The third kappa shape index (κ3) is 3.28. The highest BCUT2D eigenvalue weighted by molar-refractivity contribution is 6.31. The average molecular weight is 352 g/mol. The Morgan fingerprint density at radius 1 is 1.38 bits per heavy atom. The molecule has 2 atom stereocenters. The van der Waals surface area contributed by atoms with Crippen molar-refractivity contribution in [1.82, 2.24) is 10.3 Å². The highest BCUT2D eigenvalue weighted by Gasteiger charge is 2.40. The molecule has 2 unspecified atom stereocenters. The zero-order valence-electron chi connectivity index (χ0n) is 13.8. The zero-order chi connectivity index (χ0) is 17.3. The first-order valence-corrected chi connectivity index (χ1v) is 8.29. The van der Waals surface area contributed by atoms with E-state index in [4.69, 9.17) is 26.8 Å². The highest BCUT2D eigenvalue weighted by Crippen LogP contribution is 2.31. The number of ether oxygens (including phenoxy) is 2. The predicted octanol–water partition coefficient (Wildman–Crippen LogP) is 2.42. The van der Waals surface area contributed by atoms with Crippen LogP contribution in [0.1, 0.15) is 29.8 Å².